The first-order valence-electron chi connectivity index (χ1n) is 12.4. The lowest BCUT2D eigenvalue weighted by Gasteiger charge is -2.50. The lowest BCUT2D eigenvalue weighted by atomic mass is 9.63. The largest absolute Gasteiger partial charge is 0.484 e. The quantitative estimate of drug-likeness (QED) is 0.453. The summed E-state index contributed by atoms with van der Waals surface area (Å²) in [7, 11) is 0. The highest BCUT2D eigenvalue weighted by Gasteiger charge is 2.56. The fourth-order valence-electron chi connectivity index (χ4n) is 5.36. The zero-order valence-corrected chi connectivity index (χ0v) is 21.7. The second-order valence-electron chi connectivity index (χ2n) is 12.4. The van der Waals surface area contributed by atoms with E-state index in [1.54, 1.807) is 0 Å². The fourth-order valence-corrected chi connectivity index (χ4v) is 5.36. The van der Waals surface area contributed by atoms with Gasteiger partial charge in [-0.2, -0.15) is 0 Å². The molecule has 0 unspecified atom stereocenters. The molecule has 0 bridgehead atoms. The number of ketones is 1. The Balaban J connectivity index is 1.64. The molecule has 1 aliphatic carbocycles. The summed E-state index contributed by atoms with van der Waals surface area (Å²) in [4.78, 5) is 13.9. The van der Waals surface area contributed by atoms with Crippen molar-refractivity contribution in [1.29, 1.82) is 0 Å². The molecule has 3 heteroatoms. The number of carbonyl (C=O) groups excluding carboxylic acids is 1. The Morgan fingerprint density at radius 3 is 1.53 bits per heavy atom. The van der Waals surface area contributed by atoms with Gasteiger partial charge in [0.25, 0.3) is 0 Å². The maximum Gasteiger partial charge on any atom is 0.192 e. The summed E-state index contributed by atoms with van der Waals surface area (Å²) in [5.74, 6) is 1.72. The molecule has 2 aromatic carbocycles. The number of fused-ring (bicyclic) bond motifs is 4. The summed E-state index contributed by atoms with van der Waals surface area (Å²) in [5.41, 5.74) is 5.59. The Bertz CT molecular complexity index is 1150. The second-order valence-corrected chi connectivity index (χ2v) is 12.4. The van der Waals surface area contributed by atoms with Crippen LogP contribution in [0.3, 0.4) is 0 Å². The van der Waals surface area contributed by atoms with Crippen molar-refractivity contribution in [3.63, 3.8) is 0 Å². The molecule has 0 radical (unpaired) electrons. The summed E-state index contributed by atoms with van der Waals surface area (Å²) >= 11 is 0. The number of benzene rings is 2. The molecule has 34 heavy (non-hydrogen) atoms. The first-order valence-corrected chi connectivity index (χ1v) is 12.4. The Morgan fingerprint density at radius 2 is 1.18 bits per heavy atom. The van der Waals surface area contributed by atoms with Gasteiger partial charge in [0, 0.05) is 27.7 Å². The van der Waals surface area contributed by atoms with E-state index in [0.29, 0.717) is 0 Å². The first kappa shape index (κ1) is 23.0. The number of rotatable bonds is 1. The highest BCUT2D eigenvalue weighted by Crippen LogP contribution is 2.52. The van der Waals surface area contributed by atoms with Gasteiger partial charge in [-0.15, -0.1) is 0 Å². The van der Waals surface area contributed by atoms with Gasteiger partial charge in [0.1, 0.15) is 23.7 Å². The van der Waals surface area contributed by atoms with Gasteiger partial charge in [0.2, 0.25) is 0 Å². The van der Waals surface area contributed by atoms with Crippen molar-refractivity contribution < 1.29 is 14.3 Å². The third kappa shape index (κ3) is 3.43. The van der Waals surface area contributed by atoms with Crippen molar-refractivity contribution in [2.45, 2.75) is 84.8 Å². The second kappa shape index (κ2) is 7.34. The van der Waals surface area contributed by atoms with Crippen LogP contribution in [0.15, 0.2) is 47.5 Å². The smallest absolute Gasteiger partial charge is 0.192 e. The molecule has 178 valence electrons. The van der Waals surface area contributed by atoms with Gasteiger partial charge in [-0.25, -0.2) is 0 Å². The predicted octanol–water partition coefficient (Wildman–Crippen LogP) is 7.27. The average Bonchev–Trinajstić information content (AvgIpc) is 2.78. The third-order valence-electron chi connectivity index (χ3n) is 7.91. The monoisotopic (exact) mass is 456 g/mol. The molecule has 0 amide bonds. The minimum Gasteiger partial charge on any atom is -0.484 e. The zero-order valence-electron chi connectivity index (χ0n) is 21.7. The predicted molar refractivity (Wildman–Crippen MR) is 138 cm³/mol. The van der Waals surface area contributed by atoms with E-state index in [1.807, 2.05) is 0 Å². The van der Waals surface area contributed by atoms with E-state index in [1.165, 1.54) is 11.1 Å². The first-order chi connectivity index (χ1) is 15.8. The van der Waals surface area contributed by atoms with Crippen LogP contribution in [-0.4, -0.2) is 18.0 Å². The standard InChI is InChI=1S/C31H36O3/c1-9-31(8)27-22(16-18-14-20(29(2,3)4)10-12-24(18)33-27)26(32)23-17-19-15-21(30(5,6)7)11-13-25(19)34-28(23)31/h10-17,27-28H,9H2,1-8H3/t27-,28-/m1/s1. The highest BCUT2D eigenvalue weighted by molar-refractivity contribution is 6.17. The minimum atomic E-state index is -0.369. The van der Waals surface area contributed by atoms with Gasteiger partial charge in [0.05, 0.1) is 0 Å². The molecule has 3 aliphatic rings. The van der Waals surface area contributed by atoms with Crippen LogP contribution in [-0.2, 0) is 15.6 Å². The van der Waals surface area contributed by atoms with Crippen LogP contribution in [0.25, 0.3) is 12.2 Å². The number of hydrogen-bond acceptors (Lipinski definition) is 3. The molecule has 2 heterocycles. The van der Waals surface area contributed by atoms with Gasteiger partial charge in [-0.1, -0.05) is 67.5 Å². The number of hydrogen-bond donors (Lipinski definition) is 0. The summed E-state index contributed by atoms with van der Waals surface area (Å²) in [6.07, 6.45) is 4.28. The maximum atomic E-state index is 13.9. The summed E-state index contributed by atoms with van der Waals surface area (Å²) < 4.78 is 13.2. The number of carbonyl (C=O) groups is 1. The third-order valence-corrected chi connectivity index (χ3v) is 7.91. The van der Waals surface area contributed by atoms with Crippen molar-refractivity contribution >= 4 is 17.9 Å². The molecule has 0 saturated heterocycles. The van der Waals surface area contributed by atoms with E-state index < -0.39 is 0 Å². The molecular weight excluding hydrogens is 420 g/mol. The lowest BCUT2D eigenvalue weighted by Crippen LogP contribution is -2.57. The Kier molecular flexibility index (Phi) is 4.96. The Morgan fingerprint density at radius 1 is 0.765 bits per heavy atom. The summed E-state index contributed by atoms with van der Waals surface area (Å²) in [6, 6.07) is 12.7. The van der Waals surface area contributed by atoms with E-state index >= 15 is 0 Å². The lowest BCUT2D eigenvalue weighted by molar-refractivity contribution is -0.120. The van der Waals surface area contributed by atoms with Gasteiger partial charge in [-0.3, -0.25) is 4.79 Å². The van der Waals surface area contributed by atoms with Crippen LogP contribution < -0.4 is 9.47 Å². The van der Waals surface area contributed by atoms with Crippen LogP contribution in [0.4, 0.5) is 0 Å². The van der Waals surface area contributed by atoms with Crippen LogP contribution in [0.2, 0.25) is 0 Å². The molecule has 0 spiro atoms. The molecule has 0 N–H and O–H groups in total. The van der Waals surface area contributed by atoms with Gasteiger partial charge >= 0.3 is 0 Å². The molecule has 5 rings (SSSR count). The molecule has 1 fully saturated rings. The SMILES string of the molecule is CCC1(C)[C@@H]2Oc3ccc(C(C)(C)C)cc3C=C2C(=O)C2=Cc3cc(C(C)(C)C)ccc3O[C@H]21. The van der Waals surface area contributed by atoms with Crippen molar-refractivity contribution in [3.8, 4) is 11.5 Å². The van der Waals surface area contributed by atoms with Crippen molar-refractivity contribution in [2.75, 3.05) is 0 Å². The highest BCUT2D eigenvalue weighted by atomic mass is 16.5. The van der Waals surface area contributed by atoms with E-state index in [9.17, 15) is 4.79 Å². The van der Waals surface area contributed by atoms with E-state index in [2.05, 4.69) is 104 Å². The van der Waals surface area contributed by atoms with E-state index in [-0.39, 0.29) is 34.2 Å². The van der Waals surface area contributed by atoms with Gasteiger partial charge < -0.3 is 9.47 Å². The normalized spacial score (nSPS) is 22.8. The summed E-state index contributed by atoms with van der Waals surface area (Å²) in [6.45, 7) is 17.6. The molecular formula is C31H36O3. The summed E-state index contributed by atoms with van der Waals surface area (Å²) in [5, 5.41) is 0. The van der Waals surface area contributed by atoms with Gasteiger partial charge in [-0.05, 0) is 64.8 Å². The van der Waals surface area contributed by atoms with Crippen molar-refractivity contribution in [3.05, 3.63) is 69.8 Å². The molecule has 3 nitrogen and oxygen atoms in total. The zero-order chi connectivity index (χ0) is 24.6. The van der Waals surface area contributed by atoms with Crippen LogP contribution in [0, 0.1) is 5.41 Å². The topological polar surface area (TPSA) is 35.5 Å². The van der Waals surface area contributed by atoms with Crippen LogP contribution in [0.5, 0.6) is 11.5 Å². The molecule has 2 aliphatic heterocycles. The maximum absolute atomic E-state index is 13.9. The number of ether oxygens (including phenoxy) is 2. The number of Topliss-reactive ketones (excluding diaryl/α,β-unsaturated/α-hetero) is 1. The van der Waals surface area contributed by atoms with Gasteiger partial charge in [0.15, 0.2) is 5.78 Å². The van der Waals surface area contributed by atoms with E-state index in [4.69, 9.17) is 9.47 Å². The van der Waals surface area contributed by atoms with Crippen LogP contribution in [0.1, 0.15) is 84.1 Å². The molecule has 2 atom stereocenters. The molecule has 2 aromatic rings. The van der Waals surface area contributed by atoms with E-state index in [0.717, 1.165) is 40.2 Å². The molecule has 0 aromatic heterocycles. The fraction of sp³-hybridized carbons (Fsp3) is 0.452. The minimum absolute atomic E-state index is 0.0260. The average molecular weight is 457 g/mol. The Hall–Kier alpha value is -2.81. The van der Waals surface area contributed by atoms with Crippen molar-refractivity contribution in [1.82, 2.24) is 0 Å². The van der Waals surface area contributed by atoms with Crippen LogP contribution >= 0.6 is 0 Å². The Labute approximate surface area is 203 Å². The molecule has 1 saturated carbocycles. The van der Waals surface area contributed by atoms with Crippen molar-refractivity contribution in [2.24, 2.45) is 5.41 Å².